The van der Waals surface area contributed by atoms with Gasteiger partial charge in [-0.1, -0.05) is 42.5 Å². The summed E-state index contributed by atoms with van der Waals surface area (Å²) in [5, 5.41) is 0. The maximum atomic E-state index is 12.8. The summed E-state index contributed by atoms with van der Waals surface area (Å²) < 4.78 is 9.90. The molecule has 0 N–H and O–H groups in total. The fraction of sp³-hybridized carbons (Fsp3) is 0.304. The van der Waals surface area contributed by atoms with Crippen LogP contribution in [0, 0.1) is 5.92 Å². The normalized spacial score (nSPS) is 18.8. The Morgan fingerprint density at radius 3 is 2.43 bits per heavy atom. The molecule has 1 amide bonds. The summed E-state index contributed by atoms with van der Waals surface area (Å²) in [6, 6.07) is 17.5. The van der Waals surface area contributed by atoms with Gasteiger partial charge in [-0.25, -0.2) is 0 Å². The van der Waals surface area contributed by atoms with E-state index in [1.165, 1.54) is 7.11 Å². The third kappa shape index (κ3) is 4.42. The van der Waals surface area contributed by atoms with Gasteiger partial charge in [0.15, 0.2) is 0 Å². The van der Waals surface area contributed by atoms with Crippen LogP contribution >= 0.6 is 0 Å². The molecule has 28 heavy (non-hydrogen) atoms. The predicted molar refractivity (Wildman–Crippen MR) is 109 cm³/mol. The molecule has 1 aliphatic heterocycles. The summed E-state index contributed by atoms with van der Waals surface area (Å²) in [6.45, 7) is 0. The van der Waals surface area contributed by atoms with Gasteiger partial charge in [0, 0.05) is 12.1 Å². The average molecular weight is 379 g/mol. The standard InChI is InChI=1S/C23H25NO4/c1-27-19-14-12-18(13-15-19)24-21(16-11-17-7-4-3-5-8-17)20(23(24)26)9-6-10-22(25)28-2/h3-5,7-8,11-16,20-21H,6,9-10H2,1-2H3/b16-11+/t20-,21+/m0/s1. The number of amides is 1. The molecule has 0 unspecified atom stereocenters. The lowest BCUT2D eigenvalue weighted by Gasteiger charge is -2.46. The SMILES string of the molecule is COC(=O)CCC[C@@H]1C(=O)N(c2ccc(OC)cc2)[C@@H]1/C=C/c1ccccc1. The summed E-state index contributed by atoms with van der Waals surface area (Å²) in [4.78, 5) is 26.0. The van der Waals surface area contributed by atoms with Crippen molar-refractivity contribution in [2.24, 2.45) is 5.92 Å². The van der Waals surface area contributed by atoms with E-state index in [9.17, 15) is 9.59 Å². The number of rotatable bonds is 8. The minimum atomic E-state index is -0.241. The van der Waals surface area contributed by atoms with E-state index in [1.54, 1.807) is 7.11 Å². The topological polar surface area (TPSA) is 55.8 Å². The van der Waals surface area contributed by atoms with Gasteiger partial charge in [-0.05, 0) is 42.7 Å². The first kappa shape index (κ1) is 19.7. The summed E-state index contributed by atoms with van der Waals surface area (Å²) in [5.41, 5.74) is 1.93. The van der Waals surface area contributed by atoms with Crippen LogP contribution in [0.2, 0.25) is 0 Å². The molecule has 1 fully saturated rings. The molecule has 5 heteroatoms. The molecule has 2 aromatic carbocycles. The van der Waals surface area contributed by atoms with Crippen LogP contribution in [0.4, 0.5) is 5.69 Å². The minimum absolute atomic E-state index is 0.0428. The highest BCUT2D eigenvalue weighted by molar-refractivity contribution is 6.04. The van der Waals surface area contributed by atoms with Crippen LogP contribution in [-0.4, -0.2) is 32.1 Å². The molecule has 0 spiro atoms. The summed E-state index contributed by atoms with van der Waals surface area (Å²) in [7, 11) is 3.00. The van der Waals surface area contributed by atoms with E-state index < -0.39 is 0 Å². The van der Waals surface area contributed by atoms with Crippen molar-refractivity contribution in [3.8, 4) is 5.75 Å². The van der Waals surface area contributed by atoms with Crippen molar-refractivity contribution in [3.05, 3.63) is 66.2 Å². The van der Waals surface area contributed by atoms with E-state index in [1.807, 2.05) is 65.6 Å². The molecule has 0 aromatic heterocycles. The van der Waals surface area contributed by atoms with Crippen molar-refractivity contribution >= 4 is 23.6 Å². The van der Waals surface area contributed by atoms with E-state index in [2.05, 4.69) is 6.08 Å². The zero-order valence-electron chi connectivity index (χ0n) is 16.2. The number of carbonyl (C=O) groups excluding carboxylic acids is 2. The Labute approximate surface area is 165 Å². The molecular formula is C23H25NO4. The van der Waals surface area contributed by atoms with E-state index in [0.29, 0.717) is 19.3 Å². The van der Waals surface area contributed by atoms with Gasteiger partial charge in [-0.2, -0.15) is 0 Å². The smallest absolute Gasteiger partial charge is 0.305 e. The molecule has 2 atom stereocenters. The summed E-state index contributed by atoms with van der Waals surface area (Å²) in [6.07, 6.45) is 5.74. The van der Waals surface area contributed by atoms with Crippen LogP contribution in [0.25, 0.3) is 6.08 Å². The molecule has 1 aliphatic rings. The van der Waals surface area contributed by atoms with E-state index in [-0.39, 0.29) is 23.8 Å². The number of benzene rings is 2. The Hall–Kier alpha value is -3.08. The van der Waals surface area contributed by atoms with Gasteiger partial charge in [-0.15, -0.1) is 0 Å². The Balaban J connectivity index is 1.76. The van der Waals surface area contributed by atoms with Gasteiger partial charge in [0.25, 0.3) is 0 Å². The van der Waals surface area contributed by atoms with Gasteiger partial charge in [-0.3, -0.25) is 9.59 Å². The van der Waals surface area contributed by atoms with Gasteiger partial charge >= 0.3 is 5.97 Å². The lowest BCUT2D eigenvalue weighted by atomic mass is 9.82. The molecule has 0 bridgehead atoms. The number of hydrogen-bond acceptors (Lipinski definition) is 4. The number of carbonyl (C=O) groups is 2. The fourth-order valence-corrected chi connectivity index (χ4v) is 3.47. The van der Waals surface area contributed by atoms with Gasteiger partial charge < -0.3 is 14.4 Å². The first-order valence-corrected chi connectivity index (χ1v) is 9.41. The lowest BCUT2D eigenvalue weighted by Crippen LogP contribution is -2.60. The van der Waals surface area contributed by atoms with Crippen molar-refractivity contribution < 1.29 is 19.1 Å². The maximum Gasteiger partial charge on any atom is 0.305 e. The van der Waals surface area contributed by atoms with Gasteiger partial charge in [0.05, 0.1) is 26.2 Å². The highest BCUT2D eigenvalue weighted by atomic mass is 16.5. The zero-order chi connectivity index (χ0) is 19.9. The van der Waals surface area contributed by atoms with Crippen LogP contribution in [-0.2, 0) is 14.3 Å². The fourth-order valence-electron chi connectivity index (χ4n) is 3.47. The first-order valence-electron chi connectivity index (χ1n) is 9.41. The third-order valence-electron chi connectivity index (χ3n) is 5.02. The van der Waals surface area contributed by atoms with Crippen molar-refractivity contribution in [2.45, 2.75) is 25.3 Å². The van der Waals surface area contributed by atoms with Crippen LogP contribution in [0.1, 0.15) is 24.8 Å². The van der Waals surface area contributed by atoms with E-state index in [0.717, 1.165) is 17.0 Å². The highest BCUT2D eigenvalue weighted by Crippen LogP contribution is 2.37. The second-order valence-electron chi connectivity index (χ2n) is 6.74. The third-order valence-corrected chi connectivity index (χ3v) is 5.02. The van der Waals surface area contributed by atoms with Crippen molar-refractivity contribution in [1.29, 1.82) is 0 Å². The number of methoxy groups -OCH3 is 2. The minimum Gasteiger partial charge on any atom is -0.497 e. The Morgan fingerprint density at radius 1 is 1.07 bits per heavy atom. The second-order valence-corrected chi connectivity index (χ2v) is 6.74. The molecule has 1 saturated heterocycles. The summed E-state index contributed by atoms with van der Waals surface area (Å²) >= 11 is 0. The van der Waals surface area contributed by atoms with E-state index in [4.69, 9.17) is 9.47 Å². The van der Waals surface area contributed by atoms with Crippen molar-refractivity contribution in [3.63, 3.8) is 0 Å². The number of ether oxygens (including phenoxy) is 2. The largest absolute Gasteiger partial charge is 0.497 e. The predicted octanol–water partition coefficient (Wildman–Crippen LogP) is 4.08. The van der Waals surface area contributed by atoms with Crippen LogP contribution in [0.5, 0.6) is 5.75 Å². The average Bonchev–Trinajstić information content (AvgIpc) is 2.74. The zero-order valence-corrected chi connectivity index (χ0v) is 16.2. The molecule has 2 aromatic rings. The molecular weight excluding hydrogens is 354 g/mol. The Morgan fingerprint density at radius 2 is 1.79 bits per heavy atom. The molecule has 5 nitrogen and oxygen atoms in total. The van der Waals surface area contributed by atoms with Crippen LogP contribution in [0.15, 0.2) is 60.7 Å². The number of esters is 1. The number of anilines is 1. The molecule has 1 heterocycles. The lowest BCUT2D eigenvalue weighted by molar-refractivity contribution is -0.141. The monoisotopic (exact) mass is 379 g/mol. The number of nitrogens with zero attached hydrogens (tertiary/aromatic N) is 1. The Bertz CT molecular complexity index is 829. The molecule has 0 aliphatic carbocycles. The van der Waals surface area contributed by atoms with Crippen molar-refractivity contribution in [2.75, 3.05) is 19.1 Å². The Kier molecular flexibility index (Phi) is 6.48. The second kappa shape index (κ2) is 9.22. The molecule has 3 rings (SSSR count). The van der Waals surface area contributed by atoms with Gasteiger partial charge in [0.2, 0.25) is 5.91 Å². The number of hydrogen-bond donors (Lipinski definition) is 0. The number of β-lactam (4-membered cyclic amide) rings is 1. The maximum absolute atomic E-state index is 12.8. The van der Waals surface area contributed by atoms with Crippen LogP contribution < -0.4 is 9.64 Å². The molecule has 0 radical (unpaired) electrons. The van der Waals surface area contributed by atoms with Gasteiger partial charge in [0.1, 0.15) is 5.75 Å². The van der Waals surface area contributed by atoms with E-state index >= 15 is 0 Å². The molecule has 0 saturated carbocycles. The quantitative estimate of drug-likeness (QED) is 0.512. The van der Waals surface area contributed by atoms with Crippen LogP contribution in [0.3, 0.4) is 0 Å². The highest BCUT2D eigenvalue weighted by Gasteiger charge is 2.45. The molecule has 146 valence electrons. The summed E-state index contributed by atoms with van der Waals surface area (Å²) in [5.74, 6) is 0.461. The van der Waals surface area contributed by atoms with Crippen molar-refractivity contribution in [1.82, 2.24) is 0 Å². The first-order chi connectivity index (χ1) is 13.6.